The van der Waals surface area contributed by atoms with Crippen LogP contribution >= 0.6 is 11.6 Å². The number of hydrogen-bond acceptors (Lipinski definition) is 4. The van der Waals surface area contributed by atoms with Gasteiger partial charge in [-0.3, -0.25) is 4.79 Å². The third-order valence-corrected chi connectivity index (χ3v) is 1.54. The summed E-state index contributed by atoms with van der Waals surface area (Å²) in [5, 5.41) is 0.246. The number of nitrogens with two attached hydrogens (primary N) is 1. The maximum Gasteiger partial charge on any atom is 0.160 e. The molecule has 0 saturated carbocycles. The maximum atomic E-state index is 10.9. The maximum absolute atomic E-state index is 10.9. The molecule has 1 aromatic heterocycles. The van der Waals surface area contributed by atoms with Crippen molar-refractivity contribution in [1.29, 1.82) is 0 Å². The van der Waals surface area contributed by atoms with Gasteiger partial charge >= 0.3 is 0 Å². The van der Waals surface area contributed by atoms with Crippen LogP contribution in [0.3, 0.4) is 0 Å². The molecule has 0 fully saturated rings. The molecule has 0 saturated heterocycles. The van der Waals surface area contributed by atoms with Crippen LogP contribution in [0, 0.1) is 0 Å². The molecule has 12 heavy (non-hydrogen) atoms. The summed E-state index contributed by atoms with van der Waals surface area (Å²) in [5.74, 6) is 5.41. The van der Waals surface area contributed by atoms with E-state index in [-0.39, 0.29) is 10.9 Å². The van der Waals surface area contributed by atoms with Gasteiger partial charge in [0.05, 0.1) is 0 Å². The fourth-order valence-electron chi connectivity index (χ4n) is 0.774. The number of hydrazine groups is 1. The van der Waals surface area contributed by atoms with Gasteiger partial charge in [-0.1, -0.05) is 11.6 Å². The molecular formula is C7H8ClN3O. The first-order valence-corrected chi connectivity index (χ1v) is 3.66. The Labute approximate surface area is 74.7 Å². The standard InChI is InChI=1S/C7H8ClN3O/c1-4(12)5-2-6(8)10-7(3-5)11-9/h2-3H,9H2,1H3,(H,10,11). The van der Waals surface area contributed by atoms with E-state index < -0.39 is 0 Å². The topological polar surface area (TPSA) is 68.0 Å². The van der Waals surface area contributed by atoms with Crippen LogP contribution in [0.15, 0.2) is 12.1 Å². The number of carbonyl (C=O) groups excluding carboxylic acids is 1. The van der Waals surface area contributed by atoms with Gasteiger partial charge in [-0.2, -0.15) is 0 Å². The molecule has 0 unspecified atom stereocenters. The molecule has 1 rings (SSSR count). The lowest BCUT2D eigenvalue weighted by atomic mass is 10.2. The Bertz CT molecular complexity index is 314. The summed E-state index contributed by atoms with van der Waals surface area (Å²) in [7, 11) is 0. The monoisotopic (exact) mass is 185 g/mol. The molecule has 0 aliphatic heterocycles. The molecule has 4 nitrogen and oxygen atoms in total. The van der Waals surface area contributed by atoms with Crippen molar-refractivity contribution in [3.63, 3.8) is 0 Å². The van der Waals surface area contributed by atoms with Crippen molar-refractivity contribution in [2.45, 2.75) is 6.92 Å². The number of anilines is 1. The fourth-order valence-corrected chi connectivity index (χ4v) is 0.983. The average Bonchev–Trinajstić information content (AvgIpc) is 2.03. The van der Waals surface area contributed by atoms with Crippen molar-refractivity contribution < 1.29 is 4.79 Å². The highest BCUT2D eigenvalue weighted by atomic mass is 35.5. The summed E-state index contributed by atoms with van der Waals surface area (Å²) in [6.45, 7) is 1.45. The highest BCUT2D eigenvalue weighted by Gasteiger charge is 2.03. The van der Waals surface area contributed by atoms with Crippen LogP contribution in [0.4, 0.5) is 5.82 Å². The van der Waals surface area contributed by atoms with Gasteiger partial charge in [-0.05, 0) is 19.1 Å². The molecule has 0 spiro atoms. The van der Waals surface area contributed by atoms with E-state index in [2.05, 4.69) is 10.4 Å². The van der Waals surface area contributed by atoms with Crippen LogP contribution in [0.1, 0.15) is 17.3 Å². The van der Waals surface area contributed by atoms with E-state index in [4.69, 9.17) is 17.4 Å². The first kappa shape index (κ1) is 8.96. The van der Waals surface area contributed by atoms with E-state index in [1.807, 2.05) is 0 Å². The SMILES string of the molecule is CC(=O)c1cc(Cl)nc(NN)c1. The number of nitrogen functional groups attached to an aromatic ring is 1. The minimum Gasteiger partial charge on any atom is -0.308 e. The number of hydrogen-bond donors (Lipinski definition) is 2. The Morgan fingerprint density at radius 3 is 2.83 bits per heavy atom. The minimum atomic E-state index is -0.0733. The second-order valence-corrected chi connectivity index (χ2v) is 2.65. The molecule has 0 aromatic carbocycles. The lowest BCUT2D eigenvalue weighted by molar-refractivity contribution is 0.101. The number of ketones is 1. The largest absolute Gasteiger partial charge is 0.308 e. The third kappa shape index (κ3) is 1.93. The summed E-state index contributed by atoms with van der Waals surface area (Å²) < 4.78 is 0. The third-order valence-electron chi connectivity index (χ3n) is 1.35. The van der Waals surface area contributed by atoms with Crippen molar-refractivity contribution in [2.75, 3.05) is 5.43 Å². The van der Waals surface area contributed by atoms with Gasteiger partial charge in [0.2, 0.25) is 0 Å². The Balaban J connectivity index is 3.15. The predicted octanol–water partition coefficient (Wildman–Crippen LogP) is 1.22. The van der Waals surface area contributed by atoms with E-state index >= 15 is 0 Å². The van der Waals surface area contributed by atoms with Crippen molar-refractivity contribution >= 4 is 23.2 Å². The summed E-state index contributed by atoms with van der Waals surface area (Å²) in [6.07, 6.45) is 0. The van der Waals surface area contributed by atoms with E-state index in [0.717, 1.165) is 0 Å². The van der Waals surface area contributed by atoms with Gasteiger partial charge < -0.3 is 5.43 Å². The Hall–Kier alpha value is -1.13. The molecule has 1 aromatic rings. The fraction of sp³-hybridized carbons (Fsp3) is 0.143. The highest BCUT2D eigenvalue weighted by molar-refractivity contribution is 6.29. The van der Waals surface area contributed by atoms with Crippen molar-refractivity contribution in [3.05, 3.63) is 22.8 Å². The minimum absolute atomic E-state index is 0.0733. The molecule has 0 atom stereocenters. The zero-order valence-electron chi connectivity index (χ0n) is 6.47. The average molecular weight is 186 g/mol. The van der Waals surface area contributed by atoms with Crippen molar-refractivity contribution in [3.8, 4) is 0 Å². The van der Waals surface area contributed by atoms with E-state index in [1.54, 1.807) is 0 Å². The van der Waals surface area contributed by atoms with E-state index in [0.29, 0.717) is 11.4 Å². The predicted molar refractivity (Wildman–Crippen MR) is 47.1 cm³/mol. The Kier molecular flexibility index (Phi) is 2.62. The molecule has 0 radical (unpaired) electrons. The van der Waals surface area contributed by atoms with E-state index in [1.165, 1.54) is 19.1 Å². The van der Waals surface area contributed by atoms with Crippen molar-refractivity contribution in [2.24, 2.45) is 5.84 Å². The van der Waals surface area contributed by atoms with Gasteiger partial charge in [0.15, 0.2) is 5.78 Å². The molecule has 5 heteroatoms. The van der Waals surface area contributed by atoms with E-state index in [9.17, 15) is 4.79 Å². The molecule has 0 amide bonds. The van der Waals surface area contributed by atoms with Gasteiger partial charge in [-0.15, -0.1) is 0 Å². The molecule has 64 valence electrons. The van der Waals surface area contributed by atoms with Crippen LogP contribution in [-0.4, -0.2) is 10.8 Å². The zero-order chi connectivity index (χ0) is 9.14. The summed E-state index contributed by atoms with van der Waals surface area (Å²) >= 11 is 5.61. The number of aromatic nitrogens is 1. The number of pyridine rings is 1. The van der Waals surface area contributed by atoms with Gasteiger partial charge in [0, 0.05) is 5.56 Å². The normalized spacial score (nSPS) is 9.58. The summed E-state index contributed by atoms with van der Waals surface area (Å²) in [4.78, 5) is 14.7. The van der Waals surface area contributed by atoms with Crippen LogP contribution in [0.2, 0.25) is 5.15 Å². The first-order chi connectivity index (χ1) is 5.63. The van der Waals surface area contributed by atoms with Crippen LogP contribution < -0.4 is 11.3 Å². The zero-order valence-corrected chi connectivity index (χ0v) is 7.22. The smallest absolute Gasteiger partial charge is 0.160 e. The summed E-state index contributed by atoms with van der Waals surface area (Å²) in [6, 6.07) is 3.03. The molecular weight excluding hydrogens is 178 g/mol. The molecule has 0 aliphatic rings. The number of Topliss-reactive ketones (excluding diaryl/α,β-unsaturated/α-hetero) is 1. The molecule has 0 bridgehead atoms. The van der Waals surface area contributed by atoms with Crippen molar-refractivity contribution in [1.82, 2.24) is 4.98 Å². The number of nitrogens with zero attached hydrogens (tertiary/aromatic N) is 1. The number of rotatable bonds is 2. The lowest BCUT2D eigenvalue weighted by Gasteiger charge is -2.01. The quantitative estimate of drug-likeness (QED) is 0.315. The van der Waals surface area contributed by atoms with Crippen LogP contribution in [0.25, 0.3) is 0 Å². The second-order valence-electron chi connectivity index (χ2n) is 2.26. The number of carbonyl (C=O) groups is 1. The number of halogens is 1. The molecule has 1 heterocycles. The van der Waals surface area contributed by atoms with Crippen LogP contribution in [0.5, 0.6) is 0 Å². The Morgan fingerprint density at radius 1 is 1.67 bits per heavy atom. The first-order valence-electron chi connectivity index (χ1n) is 3.28. The second kappa shape index (κ2) is 3.51. The molecule has 0 aliphatic carbocycles. The summed E-state index contributed by atoms with van der Waals surface area (Å²) in [5.41, 5.74) is 2.80. The van der Waals surface area contributed by atoms with Gasteiger partial charge in [0.1, 0.15) is 11.0 Å². The van der Waals surface area contributed by atoms with Gasteiger partial charge in [-0.25, -0.2) is 10.8 Å². The Morgan fingerprint density at radius 2 is 2.33 bits per heavy atom. The highest BCUT2D eigenvalue weighted by Crippen LogP contribution is 2.13. The van der Waals surface area contributed by atoms with Gasteiger partial charge in [0.25, 0.3) is 0 Å². The lowest BCUT2D eigenvalue weighted by Crippen LogP contribution is -2.09. The number of nitrogens with one attached hydrogen (secondary N) is 1. The molecule has 3 N–H and O–H groups in total. The van der Waals surface area contributed by atoms with Crippen LogP contribution in [-0.2, 0) is 0 Å².